The Balaban J connectivity index is 2.80. The van der Waals surface area contributed by atoms with Crippen LogP contribution in [0.4, 0.5) is 0 Å². The van der Waals surface area contributed by atoms with E-state index in [0.717, 1.165) is 32.1 Å². The summed E-state index contributed by atoms with van der Waals surface area (Å²) in [6, 6.07) is 0. The van der Waals surface area contributed by atoms with E-state index in [-0.39, 0.29) is 29.1 Å². The van der Waals surface area contributed by atoms with Gasteiger partial charge in [0.1, 0.15) is 0 Å². The lowest BCUT2D eigenvalue weighted by atomic mass is 9.82. The first-order chi connectivity index (χ1) is 11.6. The van der Waals surface area contributed by atoms with Gasteiger partial charge < -0.3 is 4.74 Å². The standard InChI is InChI=1S/C21H41NO3/c1-8-9-10-11-13-18(16-17(2)19(23)24-7)25-22-20(3,4)14-12-15-21(22,5)6/h17-18H,8-16H2,1-7H3. The lowest BCUT2D eigenvalue weighted by molar-refractivity contribution is -0.307. The van der Waals surface area contributed by atoms with E-state index in [1.165, 1.54) is 32.8 Å². The van der Waals surface area contributed by atoms with Gasteiger partial charge in [0, 0.05) is 11.1 Å². The molecule has 0 radical (unpaired) electrons. The Kier molecular flexibility index (Phi) is 8.90. The number of unbranched alkanes of at least 4 members (excludes halogenated alkanes) is 3. The molecule has 0 aromatic carbocycles. The van der Waals surface area contributed by atoms with Crippen molar-refractivity contribution in [3.8, 4) is 0 Å². The predicted molar refractivity (Wildman–Crippen MR) is 103 cm³/mol. The summed E-state index contributed by atoms with van der Waals surface area (Å²) in [5.41, 5.74) is 0.0514. The molecule has 2 unspecified atom stereocenters. The van der Waals surface area contributed by atoms with Gasteiger partial charge in [-0.3, -0.25) is 9.63 Å². The van der Waals surface area contributed by atoms with Crippen molar-refractivity contribution >= 4 is 5.97 Å². The van der Waals surface area contributed by atoms with Crippen LogP contribution in [0.5, 0.6) is 0 Å². The van der Waals surface area contributed by atoms with Gasteiger partial charge in [0.05, 0.1) is 19.1 Å². The average Bonchev–Trinajstić information content (AvgIpc) is 2.53. The number of hydrogen-bond acceptors (Lipinski definition) is 4. The number of ether oxygens (including phenoxy) is 1. The van der Waals surface area contributed by atoms with E-state index in [9.17, 15) is 4.79 Å². The summed E-state index contributed by atoms with van der Waals surface area (Å²) in [5.74, 6) is -0.267. The third-order valence-electron chi connectivity index (χ3n) is 5.53. The van der Waals surface area contributed by atoms with Crippen LogP contribution < -0.4 is 0 Å². The van der Waals surface area contributed by atoms with Gasteiger partial charge in [0.25, 0.3) is 0 Å². The van der Waals surface area contributed by atoms with Gasteiger partial charge in [0.2, 0.25) is 0 Å². The maximum atomic E-state index is 11.9. The van der Waals surface area contributed by atoms with Crippen LogP contribution in [0.3, 0.4) is 0 Å². The molecule has 0 spiro atoms. The zero-order valence-corrected chi connectivity index (χ0v) is 17.7. The molecule has 148 valence electrons. The van der Waals surface area contributed by atoms with Crippen molar-refractivity contribution in [2.45, 2.75) is 117 Å². The molecule has 0 aliphatic carbocycles. The molecule has 0 aromatic rings. The molecule has 0 saturated carbocycles. The second kappa shape index (κ2) is 9.91. The highest BCUT2D eigenvalue weighted by molar-refractivity contribution is 5.71. The molecule has 0 bridgehead atoms. The lowest BCUT2D eigenvalue weighted by Gasteiger charge is -2.52. The summed E-state index contributed by atoms with van der Waals surface area (Å²) in [6.07, 6.45) is 10.2. The monoisotopic (exact) mass is 355 g/mol. The Hall–Kier alpha value is -0.610. The van der Waals surface area contributed by atoms with Gasteiger partial charge in [-0.25, -0.2) is 0 Å². The minimum atomic E-state index is -0.140. The Morgan fingerprint density at radius 1 is 1.08 bits per heavy atom. The largest absolute Gasteiger partial charge is 0.469 e. The first-order valence-corrected chi connectivity index (χ1v) is 10.2. The van der Waals surface area contributed by atoms with Crippen LogP contribution in [0.15, 0.2) is 0 Å². The maximum Gasteiger partial charge on any atom is 0.308 e. The molecule has 1 aliphatic heterocycles. The summed E-state index contributed by atoms with van der Waals surface area (Å²) in [7, 11) is 1.47. The predicted octanol–water partition coefficient (Wildman–Crippen LogP) is 5.50. The maximum absolute atomic E-state index is 11.9. The lowest BCUT2D eigenvalue weighted by Crippen LogP contribution is -2.59. The number of piperidine rings is 1. The fraction of sp³-hybridized carbons (Fsp3) is 0.952. The number of methoxy groups -OCH3 is 1. The number of esters is 1. The summed E-state index contributed by atoms with van der Waals surface area (Å²) in [6.45, 7) is 13.3. The van der Waals surface area contributed by atoms with Crippen molar-refractivity contribution in [2.75, 3.05) is 7.11 Å². The molecule has 25 heavy (non-hydrogen) atoms. The molecule has 0 aromatic heterocycles. The Morgan fingerprint density at radius 2 is 1.68 bits per heavy atom. The second-order valence-corrected chi connectivity index (χ2v) is 9.01. The van der Waals surface area contributed by atoms with Gasteiger partial charge in [-0.1, -0.05) is 39.5 Å². The first kappa shape index (κ1) is 22.4. The third kappa shape index (κ3) is 6.90. The van der Waals surface area contributed by atoms with Gasteiger partial charge in [-0.15, -0.1) is 0 Å². The molecule has 4 heteroatoms. The molecular formula is C21H41NO3. The topological polar surface area (TPSA) is 38.8 Å². The Morgan fingerprint density at radius 3 is 2.20 bits per heavy atom. The Bertz CT molecular complexity index is 390. The fourth-order valence-electron chi connectivity index (χ4n) is 4.11. The van der Waals surface area contributed by atoms with Crippen LogP contribution in [0.2, 0.25) is 0 Å². The number of rotatable bonds is 10. The normalized spacial score (nSPS) is 22.4. The van der Waals surface area contributed by atoms with E-state index in [4.69, 9.17) is 9.57 Å². The molecule has 0 N–H and O–H groups in total. The van der Waals surface area contributed by atoms with Crippen molar-refractivity contribution in [1.29, 1.82) is 0 Å². The van der Waals surface area contributed by atoms with Gasteiger partial charge in [-0.2, -0.15) is 5.06 Å². The van der Waals surface area contributed by atoms with Gasteiger partial charge in [-0.05, 0) is 59.8 Å². The van der Waals surface area contributed by atoms with E-state index in [0.29, 0.717) is 0 Å². The number of hydrogen-bond donors (Lipinski definition) is 0. The second-order valence-electron chi connectivity index (χ2n) is 9.01. The van der Waals surface area contributed by atoms with Crippen LogP contribution in [-0.2, 0) is 14.4 Å². The molecule has 1 saturated heterocycles. The van der Waals surface area contributed by atoms with Crippen molar-refractivity contribution in [3.63, 3.8) is 0 Å². The van der Waals surface area contributed by atoms with Crippen molar-refractivity contribution in [1.82, 2.24) is 5.06 Å². The summed E-state index contributed by atoms with van der Waals surface area (Å²) >= 11 is 0. The van der Waals surface area contributed by atoms with Crippen LogP contribution in [0.25, 0.3) is 0 Å². The van der Waals surface area contributed by atoms with E-state index in [1.54, 1.807) is 0 Å². The highest BCUT2D eigenvalue weighted by Gasteiger charge is 2.43. The van der Waals surface area contributed by atoms with Crippen LogP contribution >= 0.6 is 0 Å². The van der Waals surface area contributed by atoms with Crippen LogP contribution in [0, 0.1) is 5.92 Å². The summed E-state index contributed by atoms with van der Waals surface area (Å²) < 4.78 is 4.92. The van der Waals surface area contributed by atoms with Crippen LogP contribution in [0.1, 0.15) is 99.3 Å². The minimum Gasteiger partial charge on any atom is -0.469 e. The fourth-order valence-corrected chi connectivity index (χ4v) is 4.11. The highest BCUT2D eigenvalue weighted by atomic mass is 16.7. The SMILES string of the molecule is CCCCCCC(CC(C)C(=O)OC)ON1C(C)(C)CCCC1(C)C. The molecule has 1 heterocycles. The number of carbonyl (C=O) groups excluding carboxylic acids is 1. The van der Waals surface area contributed by atoms with Gasteiger partial charge >= 0.3 is 5.97 Å². The Labute approximate surface area is 155 Å². The van der Waals surface area contributed by atoms with Crippen molar-refractivity contribution in [2.24, 2.45) is 5.92 Å². The molecule has 2 atom stereocenters. The number of carbonyl (C=O) groups is 1. The minimum absolute atomic E-state index is 0.0257. The average molecular weight is 356 g/mol. The van der Waals surface area contributed by atoms with E-state index in [2.05, 4.69) is 39.7 Å². The van der Waals surface area contributed by atoms with Crippen LogP contribution in [-0.4, -0.2) is 35.3 Å². The summed E-state index contributed by atoms with van der Waals surface area (Å²) in [5, 5.41) is 2.23. The molecule has 1 fully saturated rings. The van der Waals surface area contributed by atoms with Crippen molar-refractivity contribution in [3.05, 3.63) is 0 Å². The van der Waals surface area contributed by atoms with Crippen molar-refractivity contribution < 1.29 is 14.4 Å². The zero-order valence-electron chi connectivity index (χ0n) is 17.7. The molecular weight excluding hydrogens is 314 g/mol. The molecule has 1 aliphatic rings. The molecule has 0 amide bonds. The molecule has 4 nitrogen and oxygen atoms in total. The van der Waals surface area contributed by atoms with E-state index >= 15 is 0 Å². The zero-order chi connectivity index (χ0) is 19.1. The smallest absolute Gasteiger partial charge is 0.308 e. The number of hydroxylamine groups is 2. The third-order valence-corrected chi connectivity index (χ3v) is 5.53. The van der Waals surface area contributed by atoms with E-state index in [1.807, 2.05) is 6.92 Å². The molecule has 1 rings (SSSR count). The highest BCUT2D eigenvalue weighted by Crippen LogP contribution is 2.39. The quantitative estimate of drug-likeness (QED) is 0.383. The van der Waals surface area contributed by atoms with Gasteiger partial charge in [0.15, 0.2) is 0 Å². The first-order valence-electron chi connectivity index (χ1n) is 10.2. The summed E-state index contributed by atoms with van der Waals surface area (Å²) in [4.78, 5) is 18.5. The van der Waals surface area contributed by atoms with E-state index < -0.39 is 0 Å². The number of nitrogens with zero attached hydrogens (tertiary/aromatic N) is 1.